The van der Waals surface area contributed by atoms with Crippen LogP contribution in [-0.4, -0.2) is 12.2 Å². The number of aliphatic hydroxyl groups is 1. The van der Waals surface area contributed by atoms with Crippen molar-refractivity contribution in [3.63, 3.8) is 0 Å². The van der Waals surface area contributed by atoms with Crippen molar-refractivity contribution >= 4 is 27.3 Å². The first kappa shape index (κ1) is 14.4. The predicted molar refractivity (Wildman–Crippen MR) is 80.0 cm³/mol. The summed E-state index contributed by atoms with van der Waals surface area (Å²) in [6.07, 6.45) is -0.517. The van der Waals surface area contributed by atoms with Crippen molar-refractivity contribution in [2.75, 3.05) is 7.11 Å². The number of hydrogen-bond donors (Lipinski definition) is 1. The lowest BCUT2D eigenvalue weighted by Crippen LogP contribution is -1.98. The van der Waals surface area contributed by atoms with Crippen LogP contribution in [0.3, 0.4) is 0 Å². The molecular formula is C14H15BrO3S. The molecule has 3 nitrogen and oxygen atoms in total. The Morgan fingerprint density at radius 2 is 2.11 bits per heavy atom. The highest BCUT2D eigenvalue weighted by Gasteiger charge is 2.09. The number of aliphatic hydroxyl groups excluding tert-OH is 1. The molecule has 0 unspecified atom stereocenters. The van der Waals surface area contributed by atoms with Gasteiger partial charge in [-0.2, -0.15) is 0 Å². The second-order valence-electron chi connectivity index (χ2n) is 4.11. The molecule has 0 aliphatic rings. The molecule has 0 radical (unpaired) electrons. The molecule has 0 saturated carbocycles. The van der Waals surface area contributed by atoms with Crippen LogP contribution in [0.1, 0.15) is 23.5 Å². The van der Waals surface area contributed by atoms with Gasteiger partial charge in [-0.3, -0.25) is 0 Å². The Bertz CT molecular complexity index is 551. The van der Waals surface area contributed by atoms with Crippen LogP contribution >= 0.6 is 27.3 Å². The highest BCUT2D eigenvalue weighted by atomic mass is 79.9. The molecule has 1 N–H and O–H groups in total. The van der Waals surface area contributed by atoms with E-state index in [9.17, 15) is 5.11 Å². The molecule has 1 heterocycles. The van der Waals surface area contributed by atoms with Crippen LogP contribution in [0.25, 0.3) is 0 Å². The number of rotatable bonds is 5. The fourth-order valence-electron chi connectivity index (χ4n) is 1.64. The third kappa shape index (κ3) is 3.72. The third-order valence-corrected chi connectivity index (χ3v) is 4.33. The van der Waals surface area contributed by atoms with Crippen molar-refractivity contribution in [1.29, 1.82) is 0 Å². The number of thiophene rings is 1. The largest absolute Gasteiger partial charge is 0.493 e. The molecule has 0 saturated heterocycles. The van der Waals surface area contributed by atoms with Gasteiger partial charge in [-0.15, -0.1) is 11.3 Å². The lowest BCUT2D eigenvalue weighted by atomic mass is 10.1. The lowest BCUT2D eigenvalue weighted by molar-refractivity contribution is 0.198. The fraction of sp³-hybridized carbons (Fsp3) is 0.286. The molecule has 0 amide bonds. The maximum absolute atomic E-state index is 9.55. The van der Waals surface area contributed by atoms with Gasteiger partial charge in [0, 0.05) is 14.7 Å². The van der Waals surface area contributed by atoms with Gasteiger partial charge in [0.2, 0.25) is 0 Å². The van der Waals surface area contributed by atoms with E-state index in [-0.39, 0.29) is 0 Å². The number of ether oxygens (including phenoxy) is 2. The maximum atomic E-state index is 9.55. The first-order valence-corrected chi connectivity index (χ1v) is 7.49. The van der Waals surface area contributed by atoms with Crippen LogP contribution in [0, 0.1) is 0 Å². The normalized spacial score (nSPS) is 12.2. The maximum Gasteiger partial charge on any atom is 0.161 e. The first-order chi connectivity index (χ1) is 9.10. The standard InChI is InChI=1S/C14H15BrO3S/c1-9(16)10-3-4-13(14(5-10)17-2)18-7-12-6-11(15)8-19-12/h3-6,8-9,16H,7H2,1-2H3/t9-/m0/s1. The fourth-order valence-corrected chi connectivity index (χ4v) is 3.00. The summed E-state index contributed by atoms with van der Waals surface area (Å²) in [6, 6.07) is 7.49. The molecule has 102 valence electrons. The zero-order chi connectivity index (χ0) is 13.8. The van der Waals surface area contributed by atoms with Crippen molar-refractivity contribution < 1.29 is 14.6 Å². The smallest absolute Gasteiger partial charge is 0.161 e. The molecule has 1 atom stereocenters. The van der Waals surface area contributed by atoms with E-state index < -0.39 is 6.10 Å². The highest BCUT2D eigenvalue weighted by molar-refractivity contribution is 9.10. The summed E-state index contributed by atoms with van der Waals surface area (Å²) in [5.41, 5.74) is 0.808. The van der Waals surface area contributed by atoms with E-state index in [4.69, 9.17) is 9.47 Å². The average molecular weight is 343 g/mol. The molecule has 1 aromatic heterocycles. The summed E-state index contributed by atoms with van der Waals surface area (Å²) < 4.78 is 12.1. The van der Waals surface area contributed by atoms with Gasteiger partial charge in [0.1, 0.15) is 6.61 Å². The van der Waals surface area contributed by atoms with Crippen LogP contribution in [0.4, 0.5) is 0 Å². The number of hydrogen-bond acceptors (Lipinski definition) is 4. The van der Waals surface area contributed by atoms with Gasteiger partial charge >= 0.3 is 0 Å². The van der Waals surface area contributed by atoms with Gasteiger partial charge in [0.05, 0.1) is 13.2 Å². The van der Waals surface area contributed by atoms with Gasteiger partial charge in [0.15, 0.2) is 11.5 Å². The van der Waals surface area contributed by atoms with E-state index in [1.165, 1.54) is 0 Å². The van der Waals surface area contributed by atoms with Gasteiger partial charge < -0.3 is 14.6 Å². The molecule has 19 heavy (non-hydrogen) atoms. The molecule has 2 rings (SSSR count). The Morgan fingerprint density at radius 3 is 2.68 bits per heavy atom. The Labute approximate surface area is 124 Å². The van der Waals surface area contributed by atoms with Crippen molar-refractivity contribution in [2.45, 2.75) is 19.6 Å². The summed E-state index contributed by atoms with van der Waals surface area (Å²) in [5.74, 6) is 1.31. The van der Waals surface area contributed by atoms with Crippen LogP contribution in [0.15, 0.2) is 34.1 Å². The quantitative estimate of drug-likeness (QED) is 0.886. The lowest BCUT2D eigenvalue weighted by Gasteiger charge is -2.12. The zero-order valence-corrected chi connectivity index (χ0v) is 13.1. The molecule has 0 fully saturated rings. The number of methoxy groups -OCH3 is 1. The topological polar surface area (TPSA) is 38.7 Å². The van der Waals surface area contributed by atoms with Crippen molar-refractivity contribution in [1.82, 2.24) is 0 Å². The second kappa shape index (κ2) is 6.41. The molecule has 2 aromatic rings. The highest BCUT2D eigenvalue weighted by Crippen LogP contribution is 2.31. The van der Waals surface area contributed by atoms with E-state index in [2.05, 4.69) is 15.9 Å². The molecular weight excluding hydrogens is 328 g/mol. The molecule has 0 aliphatic heterocycles. The second-order valence-corrected chi connectivity index (χ2v) is 6.02. The molecule has 0 spiro atoms. The van der Waals surface area contributed by atoms with E-state index in [1.54, 1.807) is 31.4 Å². The zero-order valence-electron chi connectivity index (χ0n) is 10.7. The van der Waals surface area contributed by atoms with Crippen molar-refractivity contribution in [3.05, 3.63) is 44.6 Å². The summed E-state index contributed by atoms with van der Waals surface area (Å²) in [7, 11) is 1.59. The Hall–Kier alpha value is -1.04. The molecule has 0 aliphatic carbocycles. The van der Waals surface area contributed by atoms with Crippen molar-refractivity contribution in [3.8, 4) is 11.5 Å². The summed E-state index contributed by atoms with van der Waals surface area (Å²) in [6.45, 7) is 2.22. The van der Waals surface area contributed by atoms with Gasteiger partial charge in [-0.05, 0) is 46.6 Å². The average Bonchev–Trinajstić information content (AvgIpc) is 2.81. The van der Waals surface area contributed by atoms with Gasteiger partial charge in [-0.1, -0.05) is 6.07 Å². The van der Waals surface area contributed by atoms with Gasteiger partial charge in [0.25, 0.3) is 0 Å². The van der Waals surface area contributed by atoms with Crippen LogP contribution < -0.4 is 9.47 Å². The Morgan fingerprint density at radius 1 is 1.32 bits per heavy atom. The summed E-state index contributed by atoms with van der Waals surface area (Å²) in [5, 5.41) is 11.6. The van der Waals surface area contributed by atoms with Crippen molar-refractivity contribution in [2.24, 2.45) is 0 Å². The SMILES string of the molecule is COc1cc([C@H](C)O)ccc1OCc1cc(Br)cs1. The van der Waals surface area contributed by atoms with Gasteiger partial charge in [-0.25, -0.2) is 0 Å². The van der Waals surface area contributed by atoms with E-state index >= 15 is 0 Å². The Balaban J connectivity index is 2.11. The minimum atomic E-state index is -0.517. The Kier molecular flexibility index (Phi) is 4.85. The summed E-state index contributed by atoms with van der Waals surface area (Å²) in [4.78, 5) is 1.13. The van der Waals surface area contributed by atoms with Crippen LogP contribution in [-0.2, 0) is 6.61 Å². The third-order valence-electron chi connectivity index (χ3n) is 2.66. The number of benzene rings is 1. The minimum Gasteiger partial charge on any atom is -0.493 e. The van der Waals surface area contributed by atoms with Crippen LogP contribution in [0.2, 0.25) is 0 Å². The number of halogens is 1. The molecule has 0 bridgehead atoms. The monoisotopic (exact) mass is 342 g/mol. The minimum absolute atomic E-state index is 0.501. The van der Waals surface area contributed by atoms with E-state index in [0.717, 1.165) is 14.9 Å². The van der Waals surface area contributed by atoms with E-state index in [0.29, 0.717) is 18.1 Å². The summed E-state index contributed by atoms with van der Waals surface area (Å²) >= 11 is 5.05. The predicted octanol–water partition coefficient (Wildman–Crippen LogP) is 4.15. The van der Waals surface area contributed by atoms with Crippen LogP contribution in [0.5, 0.6) is 11.5 Å². The first-order valence-electron chi connectivity index (χ1n) is 5.82. The molecule has 5 heteroatoms. The molecule has 1 aromatic carbocycles. The van der Waals surface area contributed by atoms with E-state index in [1.807, 2.05) is 23.6 Å².